The molecule has 0 saturated heterocycles. The maximum atomic E-state index is 12.1. The summed E-state index contributed by atoms with van der Waals surface area (Å²) in [5, 5.41) is 14.8. The lowest BCUT2D eigenvalue weighted by atomic mass is 10.2. The SMILES string of the molecule is CCOc1cc(/C=N\NC(=O)c2ccccc2[N+](=O)[O-])cc(I)c1OC. The Kier molecular flexibility index (Phi) is 6.89. The molecule has 9 heteroatoms. The molecule has 8 nitrogen and oxygen atoms in total. The van der Waals surface area contributed by atoms with Crippen molar-refractivity contribution in [2.45, 2.75) is 6.92 Å². The van der Waals surface area contributed by atoms with Gasteiger partial charge in [-0.1, -0.05) is 12.1 Å². The number of carbonyl (C=O) groups excluding carboxylic acids is 1. The van der Waals surface area contributed by atoms with E-state index in [-0.39, 0.29) is 11.3 Å². The van der Waals surface area contributed by atoms with Gasteiger partial charge in [0.2, 0.25) is 0 Å². The molecule has 0 aromatic heterocycles. The molecule has 0 aliphatic rings. The topological polar surface area (TPSA) is 103 Å². The van der Waals surface area contributed by atoms with Crippen LogP contribution in [-0.4, -0.2) is 30.8 Å². The Bertz CT molecular complexity index is 854. The van der Waals surface area contributed by atoms with E-state index in [1.165, 1.54) is 24.4 Å². The fourth-order valence-corrected chi connectivity index (χ4v) is 3.02. The summed E-state index contributed by atoms with van der Waals surface area (Å²) >= 11 is 2.11. The number of halogens is 1. The third-order valence-electron chi connectivity index (χ3n) is 3.26. The number of methoxy groups -OCH3 is 1. The molecule has 26 heavy (non-hydrogen) atoms. The number of rotatable bonds is 7. The monoisotopic (exact) mass is 469 g/mol. The maximum absolute atomic E-state index is 12.1. The van der Waals surface area contributed by atoms with Gasteiger partial charge < -0.3 is 9.47 Å². The van der Waals surface area contributed by atoms with Crippen LogP contribution in [0.1, 0.15) is 22.8 Å². The highest BCUT2D eigenvalue weighted by molar-refractivity contribution is 14.1. The molecule has 0 heterocycles. The van der Waals surface area contributed by atoms with Gasteiger partial charge in [-0.25, -0.2) is 5.43 Å². The van der Waals surface area contributed by atoms with E-state index >= 15 is 0 Å². The van der Waals surface area contributed by atoms with Crippen LogP contribution in [-0.2, 0) is 0 Å². The van der Waals surface area contributed by atoms with Crippen LogP contribution in [0.15, 0.2) is 41.5 Å². The number of carbonyl (C=O) groups is 1. The Morgan fingerprint density at radius 1 is 1.38 bits per heavy atom. The summed E-state index contributed by atoms with van der Waals surface area (Å²) in [6.07, 6.45) is 1.43. The van der Waals surface area contributed by atoms with Crippen molar-refractivity contribution in [1.29, 1.82) is 0 Å². The number of benzene rings is 2. The molecule has 2 aromatic rings. The molecule has 0 fully saturated rings. The molecule has 0 bridgehead atoms. The number of hydrogen-bond acceptors (Lipinski definition) is 6. The molecular formula is C17H16IN3O5. The van der Waals surface area contributed by atoms with E-state index in [4.69, 9.17) is 9.47 Å². The van der Waals surface area contributed by atoms with Crippen LogP contribution in [0.2, 0.25) is 0 Å². The fraction of sp³-hybridized carbons (Fsp3) is 0.176. The van der Waals surface area contributed by atoms with Gasteiger partial charge in [-0.2, -0.15) is 5.10 Å². The summed E-state index contributed by atoms with van der Waals surface area (Å²) in [4.78, 5) is 22.5. The van der Waals surface area contributed by atoms with Gasteiger partial charge in [0.1, 0.15) is 5.56 Å². The highest BCUT2D eigenvalue weighted by atomic mass is 127. The van der Waals surface area contributed by atoms with Crippen LogP contribution in [0.25, 0.3) is 0 Å². The van der Waals surface area contributed by atoms with E-state index in [1.54, 1.807) is 19.2 Å². The molecule has 0 aliphatic carbocycles. The maximum Gasteiger partial charge on any atom is 0.282 e. The predicted octanol–water partition coefficient (Wildman–Crippen LogP) is 3.37. The molecule has 0 atom stereocenters. The van der Waals surface area contributed by atoms with E-state index in [1.807, 2.05) is 13.0 Å². The predicted molar refractivity (Wildman–Crippen MR) is 105 cm³/mol. The number of ether oxygens (including phenoxy) is 2. The summed E-state index contributed by atoms with van der Waals surface area (Å²) in [5.41, 5.74) is 2.63. The van der Waals surface area contributed by atoms with Crippen molar-refractivity contribution in [3.63, 3.8) is 0 Å². The Labute approximate surface area is 163 Å². The summed E-state index contributed by atoms with van der Waals surface area (Å²) in [6.45, 7) is 2.33. The zero-order valence-electron chi connectivity index (χ0n) is 14.1. The van der Waals surface area contributed by atoms with E-state index in [0.717, 1.165) is 3.57 Å². The fourth-order valence-electron chi connectivity index (χ4n) is 2.17. The molecule has 0 radical (unpaired) electrons. The van der Waals surface area contributed by atoms with Crippen molar-refractivity contribution in [3.8, 4) is 11.5 Å². The zero-order valence-corrected chi connectivity index (χ0v) is 16.2. The summed E-state index contributed by atoms with van der Waals surface area (Å²) in [6, 6.07) is 9.21. The first-order chi connectivity index (χ1) is 12.5. The van der Waals surface area contributed by atoms with Crippen LogP contribution in [0.4, 0.5) is 5.69 Å². The quantitative estimate of drug-likeness (QED) is 0.290. The summed E-state index contributed by atoms with van der Waals surface area (Å²) < 4.78 is 11.7. The van der Waals surface area contributed by atoms with Crippen LogP contribution in [0.3, 0.4) is 0 Å². The van der Waals surface area contributed by atoms with Gasteiger partial charge in [-0.05, 0) is 53.3 Å². The molecule has 0 saturated carbocycles. The lowest BCUT2D eigenvalue weighted by molar-refractivity contribution is -0.385. The lowest BCUT2D eigenvalue weighted by Gasteiger charge is -2.11. The third kappa shape index (κ3) is 4.69. The van der Waals surface area contributed by atoms with E-state index in [0.29, 0.717) is 23.7 Å². The summed E-state index contributed by atoms with van der Waals surface area (Å²) in [5.74, 6) is 0.517. The van der Waals surface area contributed by atoms with Crippen molar-refractivity contribution >= 4 is 40.4 Å². The normalized spacial score (nSPS) is 10.6. The number of nitrogens with zero attached hydrogens (tertiary/aromatic N) is 2. The molecule has 0 unspecified atom stereocenters. The van der Waals surface area contributed by atoms with Gasteiger partial charge in [-0.15, -0.1) is 0 Å². The van der Waals surface area contributed by atoms with E-state index in [2.05, 4.69) is 33.1 Å². The number of amides is 1. The second-order valence-electron chi connectivity index (χ2n) is 4.94. The molecular weight excluding hydrogens is 453 g/mol. The minimum Gasteiger partial charge on any atom is -0.492 e. The molecule has 136 valence electrons. The van der Waals surface area contributed by atoms with Gasteiger partial charge in [0.15, 0.2) is 11.5 Å². The van der Waals surface area contributed by atoms with Crippen molar-refractivity contribution in [2.75, 3.05) is 13.7 Å². The number of hydrogen-bond donors (Lipinski definition) is 1. The van der Waals surface area contributed by atoms with Crippen molar-refractivity contribution < 1.29 is 19.2 Å². The van der Waals surface area contributed by atoms with Gasteiger partial charge in [-0.3, -0.25) is 14.9 Å². The van der Waals surface area contributed by atoms with Crippen LogP contribution >= 0.6 is 22.6 Å². The van der Waals surface area contributed by atoms with Crippen LogP contribution in [0, 0.1) is 13.7 Å². The Hall–Kier alpha value is -2.69. The largest absolute Gasteiger partial charge is 0.492 e. The molecule has 1 N–H and O–H groups in total. The average Bonchev–Trinajstić information content (AvgIpc) is 2.61. The first-order valence-electron chi connectivity index (χ1n) is 7.55. The molecule has 1 amide bonds. The number of hydrazone groups is 1. The Morgan fingerprint density at radius 3 is 2.77 bits per heavy atom. The number of nitrogens with one attached hydrogen (secondary N) is 1. The number of nitro groups is 1. The number of para-hydroxylation sites is 1. The van der Waals surface area contributed by atoms with E-state index < -0.39 is 10.8 Å². The summed E-state index contributed by atoms with van der Waals surface area (Å²) in [7, 11) is 1.56. The zero-order chi connectivity index (χ0) is 19.1. The third-order valence-corrected chi connectivity index (χ3v) is 4.06. The van der Waals surface area contributed by atoms with E-state index in [9.17, 15) is 14.9 Å². The first-order valence-corrected chi connectivity index (χ1v) is 8.63. The molecule has 2 rings (SSSR count). The minimum absolute atomic E-state index is 0.0611. The van der Waals surface area contributed by atoms with Crippen molar-refractivity contribution in [3.05, 3.63) is 61.2 Å². The van der Waals surface area contributed by atoms with Gasteiger partial charge in [0, 0.05) is 6.07 Å². The highest BCUT2D eigenvalue weighted by Crippen LogP contribution is 2.33. The van der Waals surface area contributed by atoms with Gasteiger partial charge in [0.25, 0.3) is 11.6 Å². The van der Waals surface area contributed by atoms with Gasteiger partial charge >= 0.3 is 0 Å². The van der Waals surface area contributed by atoms with Crippen molar-refractivity contribution in [1.82, 2.24) is 5.43 Å². The Morgan fingerprint density at radius 2 is 2.12 bits per heavy atom. The molecule has 0 aliphatic heterocycles. The van der Waals surface area contributed by atoms with Crippen LogP contribution < -0.4 is 14.9 Å². The minimum atomic E-state index is -0.665. The smallest absolute Gasteiger partial charge is 0.282 e. The second kappa shape index (κ2) is 9.13. The lowest BCUT2D eigenvalue weighted by Crippen LogP contribution is -2.19. The van der Waals surface area contributed by atoms with Gasteiger partial charge in [0.05, 0.1) is 28.4 Å². The molecule has 0 spiro atoms. The average molecular weight is 469 g/mol. The Balaban J connectivity index is 2.18. The van der Waals surface area contributed by atoms with Crippen LogP contribution in [0.5, 0.6) is 11.5 Å². The standard InChI is InChI=1S/C17H16IN3O5/c1-3-26-15-9-11(8-13(18)16(15)25-2)10-19-20-17(22)12-6-4-5-7-14(12)21(23)24/h4-10H,3H2,1-2H3,(H,20,22)/b19-10-. The highest BCUT2D eigenvalue weighted by Gasteiger charge is 2.18. The van der Waals surface area contributed by atoms with Crippen molar-refractivity contribution in [2.24, 2.45) is 5.10 Å². The first kappa shape index (κ1) is 19.6. The molecule has 2 aromatic carbocycles. The second-order valence-corrected chi connectivity index (χ2v) is 6.10. The number of nitro benzene ring substituents is 1.